The number of sulfonamides is 1. The molecule has 182 valence electrons. The third-order valence-corrected chi connectivity index (χ3v) is 7.99. The Labute approximate surface area is 201 Å². The number of aliphatic hydroxyl groups excluding tert-OH is 1. The van der Waals surface area contributed by atoms with Crippen molar-refractivity contribution in [2.75, 3.05) is 19.7 Å². The van der Waals surface area contributed by atoms with Crippen LogP contribution >= 0.6 is 0 Å². The van der Waals surface area contributed by atoms with Crippen LogP contribution in [0.4, 0.5) is 0 Å². The summed E-state index contributed by atoms with van der Waals surface area (Å²) < 4.78 is 33.7. The van der Waals surface area contributed by atoms with Gasteiger partial charge in [-0.05, 0) is 42.9 Å². The Balaban J connectivity index is 1.29. The van der Waals surface area contributed by atoms with Crippen LogP contribution in [0.2, 0.25) is 0 Å². The molecule has 3 atom stereocenters. The van der Waals surface area contributed by atoms with Gasteiger partial charge in [0.25, 0.3) is 0 Å². The van der Waals surface area contributed by atoms with E-state index in [2.05, 4.69) is 29.0 Å². The van der Waals surface area contributed by atoms with E-state index in [1.165, 1.54) is 17.7 Å². The first kappa shape index (κ1) is 24.6. The van der Waals surface area contributed by atoms with Gasteiger partial charge in [0.15, 0.2) is 0 Å². The van der Waals surface area contributed by atoms with Gasteiger partial charge in [0, 0.05) is 13.1 Å². The molecule has 1 fully saturated rings. The highest BCUT2D eigenvalue weighted by molar-refractivity contribution is 7.89. The molecule has 1 amide bonds. The van der Waals surface area contributed by atoms with Crippen LogP contribution in [0.5, 0.6) is 0 Å². The van der Waals surface area contributed by atoms with Crippen molar-refractivity contribution in [1.82, 2.24) is 9.62 Å². The molecule has 34 heavy (non-hydrogen) atoms. The SMILES string of the molecule is O=C(C[C@@H]1C=C[C@H](NS(=O)(=O)c2ccccc2)[C@@H](CO)O1)N1CCC(Cc2ccccc2)CC1. The third-order valence-electron chi connectivity index (χ3n) is 6.52. The van der Waals surface area contributed by atoms with Gasteiger partial charge in [-0.2, -0.15) is 0 Å². The van der Waals surface area contributed by atoms with Crippen LogP contribution < -0.4 is 4.72 Å². The highest BCUT2D eigenvalue weighted by atomic mass is 32.2. The maximum atomic E-state index is 12.9. The van der Waals surface area contributed by atoms with Crippen molar-refractivity contribution in [2.24, 2.45) is 5.92 Å². The van der Waals surface area contributed by atoms with Crippen LogP contribution in [0.25, 0.3) is 0 Å². The average Bonchev–Trinajstić information content (AvgIpc) is 2.86. The summed E-state index contributed by atoms with van der Waals surface area (Å²) in [6.45, 7) is 1.10. The summed E-state index contributed by atoms with van der Waals surface area (Å²) in [5.74, 6) is 0.599. The molecule has 2 aromatic rings. The fourth-order valence-corrected chi connectivity index (χ4v) is 5.83. The van der Waals surface area contributed by atoms with Crippen molar-refractivity contribution < 1.29 is 23.1 Å². The van der Waals surface area contributed by atoms with E-state index in [1.54, 1.807) is 30.4 Å². The molecule has 0 unspecified atom stereocenters. The number of hydrogen-bond acceptors (Lipinski definition) is 5. The standard InChI is InChI=1S/C26H32N2O5S/c29-19-25-24(27-34(31,32)23-9-5-2-6-10-23)12-11-22(33-25)18-26(30)28-15-13-21(14-16-28)17-20-7-3-1-4-8-20/h1-12,21-22,24-25,27,29H,13-19H2/t22-,24-,25+/m0/s1. The Morgan fingerprint density at radius 3 is 2.29 bits per heavy atom. The van der Waals surface area contributed by atoms with E-state index < -0.39 is 28.3 Å². The van der Waals surface area contributed by atoms with Gasteiger partial charge in [0.2, 0.25) is 15.9 Å². The normalized spacial score (nSPS) is 23.7. The lowest BCUT2D eigenvalue weighted by Crippen LogP contribution is -2.49. The highest BCUT2D eigenvalue weighted by Crippen LogP contribution is 2.24. The second kappa shape index (κ2) is 11.3. The Morgan fingerprint density at radius 2 is 1.65 bits per heavy atom. The number of ether oxygens (including phenoxy) is 1. The Bertz CT molecular complexity index is 1070. The lowest BCUT2D eigenvalue weighted by Gasteiger charge is -2.35. The van der Waals surface area contributed by atoms with E-state index in [-0.39, 0.29) is 23.8 Å². The fraction of sp³-hybridized carbons (Fsp3) is 0.423. The Hall–Kier alpha value is -2.52. The molecule has 2 aliphatic heterocycles. The minimum Gasteiger partial charge on any atom is -0.394 e. The van der Waals surface area contributed by atoms with Gasteiger partial charge >= 0.3 is 0 Å². The average molecular weight is 485 g/mol. The zero-order chi connectivity index (χ0) is 24.0. The molecule has 1 saturated heterocycles. The molecule has 2 heterocycles. The summed E-state index contributed by atoms with van der Waals surface area (Å²) in [5, 5.41) is 9.79. The molecule has 7 nitrogen and oxygen atoms in total. The van der Waals surface area contributed by atoms with Gasteiger partial charge in [-0.1, -0.05) is 60.7 Å². The number of carbonyl (C=O) groups excluding carboxylic acids is 1. The summed E-state index contributed by atoms with van der Waals surface area (Å²) in [6, 6.07) is 17.8. The molecule has 0 spiro atoms. The van der Waals surface area contributed by atoms with Crippen molar-refractivity contribution in [3.63, 3.8) is 0 Å². The molecule has 0 bridgehead atoms. The van der Waals surface area contributed by atoms with Crippen molar-refractivity contribution in [2.45, 2.75) is 48.8 Å². The summed E-state index contributed by atoms with van der Waals surface area (Å²) in [5.41, 5.74) is 1.33. The van der Waals surface area contributed by atoms with Gasteiger partial charge in [0.05, 0.1) is 30.1 Å². The first-order valence-corrected chi connectivity index (χ1v) is 13.3. The number of nitrogens with zero attached hydrogens (tertiary/aromatic N) is 1. The minimum absolute atomic E-state index is 0.0211. The molecule has 0 aliphatic carbocycles. The predicted octanol–water partition coefficient (Wildman–Crippen LogP) is 2.52. The van der Waals surface area contributed by atoms with E-state index in [0.29, 0.717) is 5.92 Å². The molecule has 0 saturated carbocycles. The molecule has 8 heteroatoms. The fourth-order valence-electron chi connectivity index (χ4n) is 4.59. The summed E-state index contributed by atoms with van der Waals surface area (Å²) in [4.78, 5) is 14.9. The van der Waals surface area contributed by atoms with Crippen molar-refractivity contribution >= 4 is 15.9 Å². The number of carbonyl (C=O) groups is 1. The summed E-state index contributed by atoms with van der Waals surface area (Å²) in [6.07, 6.45) is 5.29. The van der Waals surface area contributed by atoms with Gasteiger partial charge in [0.1, 0.15) is 6.10 Å². The third kappa shape index (κ3) is 6.33. The second-order valence-corrected chi connectivity index (χ2v) is 10.7. The number of nitrogens with one attached hydrogen (secondary N) is 1. The molecular formula is C26H32N2O5S. The maximum Gasteiger partial charge on any atom is 0.241 e. The number of rotatable bonds is 8. The van der Waals surface area contributed by atoms with Gasteiger partial charge in [-0.3, -0.25) is 4.79 Å². The zero-order valence-electron chi connectivity index (χ0n) is 19.1. The minimum atomic E-state index is -3.76. The van der Waals surface area contributed by atoms with Crippen molar-refractivity contribution in [1.29, 1.82) is 0 Å². The molecule has 2 aliphatic rings. The highest BCUT2D eigenvalue weighted by Gasteiger charge is 2.32. The van der Waals surface area contributed by atoms with Crippen LogP contribution in [0.15, 0.2) is 77.7 Å². The maximum absolute atomic E-state index is 12.9. The second-order valence-electron chi connectivity index (χ2n) is 8.96. The first-order valence-electron chi connectivity index (χ1n) is 11.8. The van der Waals surface area contributed by atoms with Crippen molar-refractivity contribution in [3.05, 3.63) is 78.4 Å². The van der Waals surface area contributed by atoms with Crippen LogP contribution in [-0.2, 0) is 26.0 Å². The topological polar surface area (TPSA) is 95.9 Å². The lowest BCUT2D eigenvalue weighted by atomic mass is 9.90. The molecule has 4 rings (SSSR count). The van der Waals surface area contributed by atoms with E-state index in [4.69, 9.17) is 4.74 Å². The van der Waals surface area contributed by atoms with Crippen LogP contribution in [0.1, 0.15) is 24.8 Å². The van der Waals surface area contributed by atoms with E-state index in [1.807, 2.05) is 11.0 Å². The molecular weight excluding hydrogens is 452 g/mol. The number of aliphatic hydroxyl groups is 1. The van der Waals surface area contributed by atoms with Gasteiger partial charge < -0.3 is 14.7 Å². The predicted molar refractivity (Wildman–Crippen MR) is 130 cm³/mol. The van der Waals surface area contributed by atoms with Crippen LogP contribution in [0.3, 0.4) is 0 Å². The largest absolute Gasteiger partial charge is 0.394 e. The number of hydrogen-bond donors (Lipinski definition) is 2. The molecule has 2 N–H and O–H groups in total. The number of benzene rings is 2. The summed E-state index contributed by atoms with van der Waals surface area (Å²) >= 11 is 0. The smallest absolute Gasteiger partial charge is 0.241 e. The van der Waals surface area contributed by atoms with E-state index >= 15 is 0 Å². The monoisotopic (exact) mass is 484 g/mol. The number of likely N-dealkylation sites (tertiary alicyclic amines) is 1. The van der Waals surface area contributed by atoms with Crippen LogP contribution in [0, 0.1) is 5.92 Å². The van der Waals surface area contributed by atoms with E-state index in [9.17, 15) is 18.3 Å². The van der Waals surface area contributed by atoms with Crippen molar-refractivity contribution in [3.8, 4) is 0 Å². The van der Waals surface area contributed by atoms with Crippen LogP contribution in [-0.4, -0.2) is 62.3 Å². The lowest BCUT2D eigenvalue weighted by molar-refractivity contribution is -0.136. The molecule has 0 aromatic heterocycles. The van der Waals surface area contributed by atoms with Gasteiger partial charge in [-0.15, -0.1) is 0 Å². The van der Waals surface area contributed by atoms with E-state index in [0.717, 1.165) is 32.4 Å². The first-order chi connectivity index (χ1) is 16.4. The molecule has 0 radical (unpaired) electrons. The quantitative estimate of drug-likeness (QED) is 0.562. The molecule has 2 aromatic carbocycles. The zero-order valence-corrected chi connectivity index (χ0v) is 19.9. The Kier molecular flexibility index (Phi) is 8.15. The summed E-state index contributed by atoms with van der Waals surface area (Å²) in [7, 11) is -3.76. The Morgan fingerprint density at radius 1 is 1.00 bits per heavy atom. The number of amides is 1. The number of piperidine rings is 1. The van der Waals surface area contributed by atoms with Gasteiger partial charge in [-0.25, -0.2) is 13.1 Å².